The minimum atomic E-state index is 0.0603. The molecule has 1 fully saturated rings. The zero-order valence-electron chi connectivity index (χ0n) is 14.3. The summed E-state index contributed by atoms with van der Waals surface area (Å²) in [7, 11) is 0. The van der Waals surface area contributed by atoms with E-state index in [4.69, 9.17) is 9.47 Å². The summed E-state index contributed by atoms with van der Waals surface area (Å²) >= 11 is 0. The third kappa shape index (κ3) is 8.01. The summed E-state index contributed by atoms with van der Waals surface area (Å²) in [6.45, 7) is 9.14. The van der Waals surface area contributed by atoms with Crippen molar-refractivity contribution in [2.45, 2.75) is 96.9 Å². The van der Waals surface area contributed by atoms with Crippen LogP contribution in [0.1, 0.15) is 84.5 Å². The van der Waals surface area contributed by atoms with E-state index in [0.717, 1.165) is 13.0 Å². The molecule has 0 aromatic heterocycles. The summed E-state index contributed by atoms with van der Waals surface area (Å²) in [5.41, 5.74) is 0. The minimum absolute atomic E-state index is 0.0603. The Morgan fingerprint density at radius 3 is 2.38 bits per heavy atom. The van der Waals surface area contributed by atoms with Gasteiger partial charge in [-0.15, -0.1) is 6.58 Å². The number of allylic oxidation sites excluding steroid dienone is 1. The van der Waals surface area contributed by atoms with Crippen LogP contribution in [0.5, 0.6) is 0 Å². The molecule has 124 valence electrons. The van der Waals surface area contributed by atoms with Gasteiger partial charge in [0.2, 0.25) is 0 Å². The predicted molar refractivity (Wildman–Crippen MR) is 90.4 cm³/mol. The van der Waals surface area contributed by atoms with Crippen LogP contribution in [0.2, 0.25) is 0 Å². The molecule has 0 N–H and O–H groups in total. The smallest absolute Gasteiger partial charge is 0.157 e. The van der Waals surface area contributed by atoms with E-state index in [0.29, 0.717) is 12.0 Å². The molecule has 0 spiro atoms. The van der Waals surface area contributed by atoms with Crippen molar-refractivity contribution in [3.05, 3.63) is 12.7 Å². The van der Waals surface area contributed by atoms with Gasteiger partial charge in [0.25, 0.3) is 0 Å². The van der Waals surface area contributed by atoms with Crippen LogP contribution in [0.3, 0.4) is 0 Å². The molecular weight excluding hydrogens is 260 g/mol. The topological polar surface area (TPSA) is 18.5 Å². The van der Waals surface area contributed by atoms with Gasteiger partial charge in [0.1, 0.15) is 0 Å². The van der Waals surface area contributed by atoms with Crippen molar-refractivity contribution in [3.63, 3.8) is 0 Å². The molecule has 1 heterocycles. The SMILES string of the molecule is C=CCCCCCCCCC1OCC(CC)C(CCC)O1. The van der Waals surface area contributed by atoms with Gasteiger partial charge in [-0.25, -0.2) is 0 Å². The first-order chi connectivity index (χ1) is 10.3. The molecule has 1 aliphatic heterocycles. The van der Waals surface area contributed by atoms with Crippen LogP contribution in [-0.2, 0) is 9.47 Å². The fourth-order valence-corrected chi connectivity index (χ4v) is 3.11. The molecule has 0 saturated carbocycles. The van der Waals surface area contributed by atoms with Gasteiger partial charge < -0.3 is 9.47 Å². The normalized spacial score (nSPS) is 25.9. The molecule has 1 aliphatic rings. The lowest BCUT2D eigenvalue weighted by molar-refractivity contribution is -0.240. The maximum absolute atomic E-state index is 6.16. The zero-order chi connectivity index (χ0) is 15.3. The van der Waals surface area contributed by atoms with Crippen molar-refractivity contribution < 1.29 is 9.47 Å². The standard InChI is InChI=1S/C19H36O2/c1-4-7-8-9-10-11-12-13-15-19-20-16-17(6-3)18(21-19)14-5-2/h4,17-19H,1,5-16H2,2-3H3. The van der Waals surface area contributed by atoms with Crippen LogP contribution in [0, 0.1) is 5.92 Å². The molecule has 2 heteroatoms. The molecule has 0 bridgehead atoms. The van der Waals surface area contributed by atoms with E-state index in [1.54, 1.807) is 0 Å². The van der Waals surface area contributed by atoms with Crippen LogP contribution in [0.4, 0.5) is 0 Å². The van der Waals surface area contributed by atoms with Gasteiger partial charge in [-0.2, -0.15) is 0 Å². The minimum Gasteiger partial charge on any atom is -0.352 e. The maximum atomic E-state index is 6.16. The number of unbranched alkanes of at least 4 members (excludes halogenated alkanes) is 6. The highest BCUT2D eigenvalue weighted by Crippen LogP contribution is 2.27. The molecule has 1 saturated heterocycles. The van der Waals surface area contributed by atoms with Crippen LogP contribution in [-0.4, -0.2) is 19.0 Å². The first-order valence-corrected chi connectivity index (χ1v) is 9.19. The average Bonchev–Trinajstić information content (AvgIpc) is 2.50. The van der Waals surface area contributed by atoms with Crippen molar-refractivity contribution in [1.29, 1.82) is 0 Å². The van der Waals surface area contributed by atoms with Gasteiger partial charge in [-0.05, 0) is 38.5 Å². The molecule has 0 aromatic rings. The second kappa shape index (κ2) is 12.2. The molecular formula is C19H36O2. The molecule has 0 radical (unpaired) electrons. The van der Waals surface area contributed by atoms with Crippen molar-refractivity contribution >= 4 is 0 Å². The Balaban J connectivity index is 2.05. The van der Waals surface area contributed by atoms with E-state index < -0.39 is 0 Å². The van der Waals surface area contributed by atoms with E-state index in [-0.39, 0.29) is 6.29 Å². The third-order valence-corrected chi connectivity index (χ3v) is 4.54. The van der Waals surface area contributed by atoms with Gasteiger partial charge in [0.05, 0.1) is 12.7 Å². The van der Waals surface area contributed by atoms with Crippen molar-refractivity contribution in [1.82, 2.24) is 0 Å². The Morgan fingerprint density at radius 1 is 1.00 bits per heavy atom. The van der Waals surface area contributed by atoms with Gasteiger partial charge in [-0.3, -0.25) is 0 Å². The van der Waals surface area contributed by atoms with Crippen LogP contribution >= 0.6 is 0 Å². The molecule has 0 aromatic carbocycles. The van der Waals surface area contributed by atoms with E-state index in [9.17, 15) is 0 Å². The fourth-order valence-electron chi connectivity index (χ4n) is 3.11. The van der Waals surface area contributed by atoms with Gasteiger partial charge in [-0.1, -0.05) is 52.0 Å². The molecule has 1 rings (SSSR count). The Bertz CT molecular complexity index is 252. The van der Waals surface area contributed by atoms with E-state index in [1.165, 1.54) is 64.2 Å². The Morgan fingerprint density at radius 2 is 1.71 bits per heavy atom. The monoisotopic (exact) mass is 296 g/mol. The van der Waals surface area contributed by atoms with Gasteiger partial charge >= 0.3 is 0 Å². The Labute approximate surface area is 132 Å². The third-order valence-electron chi connectivity index (χ3n) is 4.54. The summed E-state index contributed by atoms with van der Waals surface area (Å²) < 4.78 is 12.0. The van der Waals surface area contributed by atoms with E-state index >= 15 is 0 Å². The van der Waals surface area contributed by atoms with Crippen LogP contribution < -0.4 is 0 Å². The van der Waals surface area contributed by atoms with Crippen molar-refractivity contribution in [2.24, 2.45) is 5.92 Å². The number of ether oxygens (including phenoxy) is 2. The number of hydrogen-bond donors (Lipinski definition) is 0. The van der Waals surface area contributed by atoms with Gasteiger partial charge in [0, 0.05) is 5.92 Å². The number of hydrogen-bond acceptors (Lipinski definition) is 2. The Kier molecular flexibility index (Phi) is 10.9. The molecule has 3 unspecified atom stereocenters. The van der Waals surface area contributed by atoms with E-state index in [2.05, 4.69) is 20.4 Å². The Hall–Kier alpha value is -0.340. The summed E-state index contributed by atoms with van der Waals surface area (Å²) in [5, 5.41) is 0. The summed E-state index contributed by atoms with van der Waals surface area (Å²) in [5.74, 6) is 0.603. The maximum Gasteiger partial charge on any atom is 0.157 e. The average molecular weight is 296 g/mol. The highest BCUT2D eigenvalue weighted by Gasteiger charge is 2.29. The second-order valence-corrected chi connectivity index (χ2v) is 6.38. The van der Waals surface area contributed by atoms with Gasteiger partial charge in [0.15, 0.2) is 6.29 Å². The lowest BCUT2D eigenvalue weighted by Crippen LogP contribution is -2.39. The zero-order valence-corrected chi connectivity index (χ0v) is 14.3. The molecule has 2 nitrogen and oxygen atoms in total. The lowest BCUT2D eigenvalue weighted by Gasteiger charge is -2.36. The van der Waals surface area contributed by atoms with Crippen molar-refractivity contribution in [3.8, 4) is 0 Å². The molecule has 0 aliphatic carbocycles. The number of rotatable bonds is 12. The lowest BCUT2D eigenvalue weighted by atomic mass is 9.95. The van der Waals surface area contributed by atoms with Crippen molar-refractivity contribution in [2.75, 3.05) is 6.61 Å². The molecule has 3 atom stereocenters. The van der Waals surface area contributed by atoms with E-state index in [1.807, 2.05) is 6.08 Å². The quantitative estimate of drug-likeness (QED) is 0.331. The first kappa shape index (κ1) is 18.7. The summed E-state index contributed by atoms with van der Waals surface area (Å²) in [6.07, 6.45) is 16.2. The molecule has 0 amide bonds. The molecule has 21 heavy (non-hydrogen) atoms. The highest BCUT2D eigenvalue weighted by molar-refractivity contribution is 4.73. The predicted octanol–water partition coefficient (Wildman–Crippen LogP) is 5.86. The fraction of sp³-hybridized carbons (Fsp3) is 0.895. The van der Waals surface area contributed by atoms with Crippen LogP contribution in [0.25, 0.3) is 0 Å². The van der Waals surface area contributed by atoms with Crippen LogP contribution in [0.15, 0.2) is 12.7 Å². The first-order valence-electron chi connectivity index (χ1n) is 9.19. The summed E-state index contributed by atoms with van der Waals surface area (Å²) in [6, 6.07) is 0. The second-order valence-electron chi connectivity index (χ2n) is 6.38. The largest absolute Gasteiger partial charge is 0.352 e. The summed E-state index contributed by atoms with van der Waals surface area (Å²) in [4.78, 5) is 0. The highest BCUT2D eigenvalue weighted by atomic mass is 16.7.